The van der Waals surface area contributed by atoms with E-state index in [-0.39, 0.29) is 0 Å². The van der Waals surface area contributed by atoms with Gasteiger partial charge in [-0.3, -0.25) is 4.40 Å². The molecule has 0 aliphatic carbocycles. The van der Waals surface area contributed by atoms with Gasteiger partial charge in [0, 0.05) is 32.8 Å². The highest BCUT2D eigenvalue weighted by Crippen LogP contribution is 2.39. The number of fused-ring (bicyclic) bond motifs is 10. The fourth-order valence-corrected chi connectivity index (χ4v) is 8.06. The van der Waals surface area contributed by atoms with Gasteiger partial charge in [0.25, 0.3) is 0 Å². The smallest absolute Gasteiger partial charge is 0.197 e. The Morgan fingerprint density at radius 1 is 0.553 bits per heavy atom. The number of imidazole rings is 1. The molecular formula is C41H23N5S. The first-order valence-electron chi connectivity index (χ1n) is 15.5. The highest BCUT2D eigenvalue weighted by molar-refractivity contribution is 7.23. The molecule has 0 N–H and O–H groups in total. The third-order valence-electron chi connectivity index (χ3n) is 9.16. The van der Waals surface area contributed by atoms with Crippen LogP contribution in [0.4, 0.5) is 0 Å². The molecule has 5 nitrogen and oxygen atoms in total. The molecule has 0 spiro atoms. The van der Waals surface area contributed by atoms with Crippen molar-refractivity contribution in [3.63, 3.8) is 0 Å². The summed E-state index contributed by atoms with van der Waals surface area (Å²) in [6.07, 6.45) is 0. The summed E-state index contributed by atoms with van der Waals surface area (Å²) in [5.41, 5.74) is 11.0. The molecule has 0 aliphatic rings. The second-order valence-electron chi connectivity index (χ2n) is 11.8. The van der Waals surface area contributed by atoms with E-state index in [1.807, 2.05) is 30.3 Å². The number of para-hydroxylation sites is 2. The lowest BCUT2D eigenvalue weighted by Gasteiger charge is -2.10. The lowest BCUT2D eigenvalue weighted by molar-refractivity contribution is 1.18. The zero-order chi connectivity index (χ0) is 31.1. The molecule has 4 heterocycles. The zero-order valence-electron chi connectivity index (χ0n) is 24.9. The van der Waals surface area contributed by atoms with E-state index < -0.39 is 0 Å². The molecule has 218 valence electrons. The Morgan fingerprint density at radius 3 is 2.23 bits per heavy atom. The highest BCUT2D eigenvalue weighted by Gasteiger charge is 2.19. The van der Waals surface area contributed by atoms with Crippen molar-refractivity contribution in [2.75, 3.05) is 0 Å². The largest absolute Gasteiger partial charge is 0.309 e. The third kappa shape index (κ3) is 3.81. The first-order valence-corrected chi connectivity index (χ1v) is 16.3. The predicted octanol–water partition coefficient (Wildman–Crippen LogP) is 10.6. The van der Waals surface area contributed by atoms with Crippen LogP contribution in [0.1, 0.15) is 5.56 Å². The Bertz CT molecular complexity index is 2920. The molecule has 0 unspecified atom stereocenters. The van der Waals surface area contributed by atoms with Crippen LogP contribution in [0.15, 0.2) is 140 Å². The molecule has 0 fully saturated rings. The summed E-state index contributed by atoms with van der Waals surface area (Å²) >= 11 is 1.70. The summed E-state index contributed by atoms with van der Waals surface area (Å²) in [4.78, 5) is 11.4. The molecule has 0 saturated heterocycles. The van der Waals surface area contributed by atoms with Crippen LogP contribution in [0.5, 0.6) is 0 Å². The fourth-order valence-electron chi connectivity index (χ4n) is 7.04. The molecule has 47 heavy (non-hydrogen) atoms. The first-order chi connectivity index (χ1) is 23.2. The summed E-state index contributed by atoms with van der Waals surface area (Å²) in [6.45, 7) is 0. The van der Waals surface area contributed by atoms with Crippen molar-refractivity contribution in [3.8, 4) is 34.1 Å². The van der Waals surface area contributed by atoms with Crippen LogP contribution in [0.2, 0.25) is 0 Å². The van der Waals surface area contributed by atoms with Gasteiger partial charge in [-0.25, -0.2) is 9.97 Å². The van der Waals surface area contributed by atoms with Crippen molar-refractivity contribution in [2.45, 2.75) is 0 Å². The van der Waals surface area contributed by atoms with Crippen molar-refractivity contribution in [2.24, 2.45) is 0 Å². The van der Waals surface area contributed by atoms with Crippen LogP contribution < -0.4 is 0 Å². The van der Waals surface area contributed by atoms with E-state index in [1.165, 1.54) is 4.70 Å². The summed E-state index contributed by atoms with van der Waals surface area (Å²) in [7, 11) is 0. The molecule has 0 aliphatic heterocycles. The number of nitriles is 1. The first kappa shape index (κ1) is 26.0. The van der Waals surface area contributed by atoms with Crippen LogP contribution in [0.3, 0.4) is 0 Å². The van der Waals surface area contributed by atoms with Gasteiger partial charge in [0.1, 0.15) is 5.52 Å². The molecule has 0 amide bonds. The third-order valence-corrected chi connectivity index (χ3v) is 10.2. The number of benzene rings is 6. The van der Waals surface area contributed by atoms with Gasteiger partial charge in [0.2, 0.25) is 0 Å². The van der Waals surface area contributed by atoms with Crippen LogP contribution in [-0.4, -0.2) is 18.9 Å². The topological polar surface area (TPSA) is 58.9 Å². The Kier molecular flexibility index (Phi) is 5.45. The number of hydrogen-bond acceptors (Lipinski definition) is 4. The molecule has 0 bridgehead atoms. The van der Waals surface area contributed by atoms with E-state index in [4.69, 9.17) is 9.97 Å². The van der Waals surface area contributed by atoms with Crippen molar-refractivity contribution >= 4 is 70.3 Å². The molecule has 0 radical (unpaired) electrons. The molecule has 10 aromatic rings. The molecule has 6 aromatic carbocycles. The summed E-state index contributed by atoms with van der Waals surface area (Å²) in [5.74, 6) is 0. The second kappa shape index (κ2) is 9.85. The quantitative estimate of drug-likeness (QED) is 0.198. The fraction of sp³-hybridized carbons (Fsp3) is 0. The van der Waals surface area contributed by atoms with Gasteiger partial charge < -0.3 is 4.57 Å². The molecule has 0 saturated carbocycles. The van der Waals surface area contributed by atoms with E-state index in [1.54, 1.807) is 11.3 Å². The van der Waals surface area contributed by atoms with Gasteiger partial charge in [0.05, 0.1) is 38.6 Å². The summed E-state index contributed by atoms with van der Waals surface area (Å²) in [6, 6.07) is 50.8. The Labute approximate surface area is 272 Å². The van der Waals surface area contributed by atoms with Crippen molar-refractivity contribution in [3.05, 3.63) is 145 Å². The van der Waals surface area contributed by atoms with E-state index in [0.29, 0.717) is 5.56 Å². The van der Waals surface area contributed by atoms with Gasteiger partial charge in [-0.15, -0.1) is 0 Å². The minimum atomic E-state index is 0.646. The minimum Gasteiger partial charge on any atom is -0.309 e. The maximum atomic E-state index is 9.68. The number of aromatic nitrogens is 4. The van der Waals surface area contributed by atoms with Crippen LogP contribution in [0.25, 0.3) is 87.0 Å². The average Bonchev–Trinajstić information content (AvgIpc) is 3.79. The number of pyridine rings is 1. The monoisotopic (exact) mass is 617 g/mol. The normalized spacial score (nSPS) is 11.8. The molecule has 10 rings (SSSR count). The van der Waals surface area contributed by atoms with Crippen LogP contribution in [0, 0.1) is 11.3 Å². The van der Waals surface area contributed by atoms with E-state index in [9.17, 15) is 5.26 Å². The van der Waals surface area contributed by atoms with Gasteiger partial charge in [-0.2, -0.15) is 5.26 Å². The van der Waals surface area contributed by atoms with Crippen molar-refractivity contribution in [1.29, 1.82) is 5.26 Å². The molecule has 4 aromatic heterocycles. The standard InChI is InChI=1S/C41H23N5S/c42-24-25-17-19-30-33-23-27(18-20-34(33)45(36(30)21-25)29-11-2-1-3-12-29)26-9-8-10-28(22-26)38-31-13-4-5-14-32(31)39-40(43-38)46-35-15-6-7-16-37(35)47-41(46)44-39/h1-23H. The highest BCUT2D eigenvalue weighted by atomic mass is 32.1. The molecular weight excluding hydrogens is 595 g/mol. The number of nitrogens with zero attached hydrogens (tertiary/aromatic N) is 5. The van der Waals surface area contributed by atoms with Gasteiger partial charge in [-0.1, -0.05) is 96.3 Å². The van der Waals surface area contributed by atoms with E-state index in [0.717, 1.165) is 82.3 Å². The lowest BCUT2D eigenvalue weighted by atomic mass is 9.97. The van der Waals surface area contributed by atoms with Crippen LogP contribution in [-0.2, 0) is 0 Å². The average molecular weight is 618 g/mol. The van der Waals surface area contributed by atoms with Crippen molar-refractivity contribution < 1.29 is 0 Å². The second-order valence-corrected chi connectivity index (χ2v) is 12.8. The number of hydrogen-bond donors (Lipinski definition) is 0. The Balaban J connectivity index is 1.19. The van der Waals surface area contributed by atoms with E-state index in [2.05, 4.69) is 124 Å². The lowest BCUT2D eigenvalue weighted by Crippen LogP contribution is -1.93. The summed E-state index contributed by atoms with van der Waals surface area (Å²) in [5, 5.41) is 14.1. The van der Waals surface area contributed by atoms with Gasteiger partial charge in [0.15, 0.2) is 10.6 Å². The summed E-state index contributed by atoms with van der Waals surface area (Å²) < 4.78 is 5.64. The van der Waals surface area contributed by atoms with Gasteiger partial charge in [-0.05, 0) is 65.7 Å². The van der Waals surface area contributed by atoms with E-state index >= 15 is 0 Å². The SMILES string of the molecule is N#Cc1ccc2c3cc(-c4cccc(-c5nc6c(nc7sc8ccccc8n76)c6ccccc56)c4)ccc3n(-c3ccccc3)c2c1. The Hall–Kier alpha value is -6.29. The predicted molar refractivity (Wildman–Crippen MR) is 193 cm³/mol. The van der Waals surface area contributed by atoms with Crippen molar-refractivity contribution in [1.82, 2.24) is 18.9 Å². The Morgan fingerprint density at radius 2 is 1.34 bits per heavy atom. The maximum Gasteiger partial charge on any atom is 0.197 e. The van der Waals surface area contributed by atoms with Gasteiger partial charge >= 0.3 is 0 Å². The van der Waals surface area contributed by atoms with Crippen LogP contribution >= 0.6 is 11.3 Å². The molecule has 0 atom stereocenters. The maximum absolute atomic E-state index is 9.68. The zero-order valence-corrected chi connectivity index (χ0v) is 25.7. The minimum absolute atomic E-state index is 0.646. The number of rotatable bonds is 3. The number of thiazole rings is 1. The molecule has 6 heteroatoms.